The molecule has 0 unspecified atom stereocenters. The van der Waals surface area contributed by atoms with Crippen molar-refractivity contribution in [1.29, 1.82) is 0 Å². The Bertz CT molecular complexity index is 841. The van der Waals surface area contributed by atoms with Crippen LogP contribution in [0.1, 0.15) is 86.9 Å². The second-order valence-corrected chi connectivity index (χ2v) is 10.8. The molecule has 1 aromatic heterocycles. The van der Waals surface area contributed by atoms with Crippen molar-refractivity contribution in [3.8, 4) is 5.88 Å². The molecule has 1 aromatic rings. The number of hydrogen-bond acceptors (Lipinski definition) is 4. The lowest BCUT2D eigenvalue weighted by molar-refractivity contribution is -0.142. The van der Waals surface area contributed by atoms with Crippen molar-refractivity contribution in [2.45, 2.75) is 87.7 Å². The van der Waals surface area contributed by atoms with Gasteiger partial charge in [0, 0.05) is 12.3 Å². The topological polar surface area (TPSA) is 56.3 Å². The SMILES string of the molecule is CCOc1cc(C2CCC(S(C)(=O)=O)CC2)c(C2CCC(F)CC2)c(C(F)(F)F)n1. The minimum atomic E-state index is -4.65. The smallest absolute Gasteiger partial charge is 0.433 e. The highest BCUT2D eigenvalue weighted by Crippen LogP contribution is 2.47. The van der Waals surface area contributed by atoms with Crippen LogP contribution >= 0.6 is 0 Å². The number of sulfone groups is 1. The molecule has 2 aliphatic carbocycles. The van der Waals surface area contributed by atoms with Crippen molar-refractivity contribution < 1.29 is 30.7 Å². The first kappa shape index (κ1) is 23.3. The number of pyridine rings is 1. The van der Waals surface area contributed by atoms with Gasteiger partial charge < -0.3 is 4.74 Å². The van der Waals surface area contributed by atoms with E-state index in [-0.39, 0.29) is 36.8 Å². The number of nitrogens with zero attached hydrogens (tertiary/aromatic N) is 1. The van der Waals surface area contributed by atoms with Gasteiger partial charge in [-0.05, 0) is 81.3 Å². The summed E-state index contributed by atoms with van der Waals surface area (Å²) >= 11 is 0. The molecular formula is C21H29F4NO3S. The van der Waals surface area contributed by atoms with Gasteiger partial charge in [0.15, 0.2) is 5.69 Å². The van der Waals surface area contributed by atoms with Crippen LogP contribution in [0.25, 0.3) is 0 Å². The third-order valence-electron chi connectivity index (χ3n) is 6.41. The van der Waals surface area contributed by atoms with Crippen LogP contribution in [0.15, 0.2) is 6.07 Å². The number of hydrogen-bond donors (Lipinski definition) is 0. The quantitative estimate of drug-likeness (QED) is 0.550. The monoisotopic (exact) mass is 451 g/mol. The third-order valence-corrected chi connectivity index (χ3v) is 8.09. The van der Waals surface area contributed by atoms with Crippen molar-refractivity contribution >= 4 is 9.84 Å². The summed E-state index contributed by atoms with van der Waals surface area (Å²) in [6.07, 6.45) is -1.37. The molecule has 0 aromatic carbocycles. The Morgan fingerprint density at radius 3 is 2.10 bits per heavy atom. The van der Waals surface area contributed by atoms with Crippen LogP contribution in [0, 0.1) is 0 Å². The lowest BCUT2D eigenvalue weighted by atomic mass is 9.75. The predicted octanol–water partition coefficient (Wildman–Crippen LogP) is 5.57. The van der Waals surface area contributed by atoms with Gasteiger partial charge in [-0.25, -0.2) is 17.8 Å². The zero-order chi connectivity index (χ0) is 22.1. The molecule has 0 radical (unpaired) electrons. The Kier molecular flexibility index (Phi) is 6.99. The fourth-order valence-corrected chi connectivity index (χ4v) is 6.03. The van der Waals surface area contributed by atoms with E-state index < -0.39 is 39.0 Å². The molecule has 1 heterocycles. The summed E-state index contributed by atoms with van der Waals surface area (Å²) in [4.78, 5) is 3.80. The van der Waals surface area contributed by atoms with E-state index >= 15 is 0 Å². The van der Waals surface area contributed by atoms with Crippen molar-refractivity contribution in [2.24, 2.45) is 0 Å². The Balaban J connectivity index is 2.04. The maximum absolute atomic E-state index is 14.0. The first-order chi connectivity index (χ1) is 14.0. The van der Waals surface area contributed by atoms with Gasteiger partial charge in [-0.15, -0.1) is 0 Å². The molecule has 2 saturated carbocycles. The van der Waals surface area contributed by atoms with E-state index in [9.17, 15) is 26.0 Å². The lowest BCUT2D eigenvalue weighted by Crippen LogP contribution is -2.27. The number of alkyl halides is 4. The van der Waals surface area contributed by atoms with E-state index in [0.717, 1.165) is 0 Å². The molecule has 2 fully saturated rings. The van der Waals surface area contributed by atoms with Gasteiger partial charge in [0.2, 0.25) is 5.88 Å². The highest BCUT2D eigenvalue weighted by Gasteiger charge is 2.42. The molecular weight excluding hydrogens is 422 g/mol. The maximum Gasteiger partial charge on any atom is 0.433 e. The molecule has 2 aliphatic rings. The molecule has 0 amide bonds. The molecule has 170 valence electrons. The number of ether oxygens (including phenoxy) is 1. The minimum absolute atomic E-state index is 0.0620. The van der Waals surface area contributed by atoms with Gasteiger partial charge in [-0.3, -0.25) is 0 Å². The van der Waals surface area contributed by atoms with E-state index in [2.05, 4.69) is 4.98 Å². The highest BCUT2D eigenvalue weighted by molar-refractivity contribution is 7.91. The van der Waals surface area contributed by atoms with Crippen LogP contribution in [0.3, 0.4) is 0 Å². The maximum atomic E-state index is 14.0. The van der Waals surface area contributed by atoms with Crippen LogP contribution < -0.4 is 4.74 Å². The fraction of sp³-hybridized carbons (Fsp3) is 0.762. The molecule has 9 heteroatoms. The van der Waals surface area contributed by atoms with Crippen LogP contribution in [-0.2, 0) is 16.0 Å². The predicted molar refractivity (Wildman–Crippen MR) is 106 cm³/mol. The van der Waals surface area contributed by atoms with Crippen molar-refractivity contribution in [1.82, 2.24) is 4.98 Å². The summed E-state index contributed by atoms with van der Waals surface area (Å²) in [5.41, 5.74) is -0.216. The van der Waals surface area contributed by atoms with Gasteiger partial charge in [0.05, 0.1) is 11.9 Å². The Morgan fingerprint density at radius 2 is 1.60 bits per heavy atom. The Morgan fingerprint density at radius 1 is 1.03 bits per heavy atom. The molecule has 0 N–H and O–H groups in total. The summed E-state index contributed by atoms with van der Waals surface area (Å²) in [5, 5.41) is -0.450. The average molecular weight is 452 g/mol. The zero-order valence-corrected chi connectivity index (χ0v) is 18.2. The molecule has 4 nitrogen and oxygen atoms in total. The van der Waals surface area contributed by atoms with Crippen LogP contribution in [0.4, 0.5) is 17.6 Å². The van der Waals surface area contributed by atoms with Crippen molar-refractivity contribution in [3.63, 3.8) is 0 Å². The first-order valence-electron chi connectivity index (χ1n) is 10.6. The van der Waals surface area contributed by atoms with Crippen molar-refractivity contribution in [2.75, 3.05) is 12.9 Å². The van der Waals surface area contributed by atoms with Crippen LogP contribution in [0.2, 0.25) is 0 Å². The van der Waals surface area contributed by atoms with Crippen molar-refractivity contribution in [3.05, 3.63) is 22.9 Å². The standard InChI is InChI=1S/C21H29F4NO3S/c1-3-29-18-12-17(13-6-10-16(11-7-13)30(2,27)28)19(20(26-18)21(23,24)25)14-4-8-15(22)9-5-14/h12-16H,3-11H2,1-2H3. The van der Waals surface area contributed by atoms with Crippen LogP contribution in [-0.4, -0.2) is 37.7 Å². The van der Waals surface area contributed by atoms with E-state index in [1.807, 2.05) is 0 Å². The van der Waals surface area contributed by atoms with E-state index in [0.29, 0.717) is 44.1 Å². The summed E-state index contributed by atoms with van der Waals surface area (Å²) in [7, 11) is -3.18. The second kappa shape index (κ2) is 9.01. The molecule has 0 spiro atoms. The van der Waals surface area contributed by atoms with E-state index in [1.54, 1.807) is 13.0 Å². The molecule has 0 bridgehead atoms. The highest BCUT2D eigenvalue weighted by atomic mass is 32.2. The van der Waals surface area contributed by atoms with Gasteiger partial charge >= 0.3 is 6.18 Å². The average Bonchev–Trinajstić information content (AvgIpc) is 2.67. The van der Waals surface area contributed by atoms with Gasteiger partial charge in [0.25, 0.3) is 0 Å². The Hall–Kier alpha value is -1.38. The summed E-state index contributed by atoms with van der Waals surface area (Å²) < 4.78 is 84.8. The molecule has 30 heavy (non-hydrogen) atoms. The lowest BCUT2D eigenvalue weighted by Gasteiger charge is -2.34. The zero-order valence-electron chi connectivity index (χ0n) is 17.3. The molecule has 3 rings (SSSR count). The normalized spacial score (nSPS) is 28.3. The van der Waals surface area contributed by atoms with Crippen LogP contribution in [0.5, 0.6) is 5.88 Å². The summed E-state index contributed by atoms with van der Waals surface area (Å²) in [6.45, 7) is 1.87. The number of halogens is 4. The molecule has 0 saturated heterocycles. The minimum Gasteiger partial charge on any atom is -0.478 e. The molecule has 0 aliphatic heterocycles. The van der Waals surface area contributed by atoms with Gasteiger partial charge in [-0.2, -0.15) is 13.2 Å². The number of aromatic nitrogens is 1. The number of rotatable bonds is 5. The van der Waals surface area contributed by atoms with Gasteiger partial charge in [0.1, 0.15) is 16.0 Å². The molecule has 0 atom stereocenters. The first-order valence-corrected chi connectivity index (χ1v) is 12.5. The Labute approximate surface area is 175 Å². The fourth-order valence-electron chi connectivity index (χ4n) is 4.90. The van der Waals surface area contributed by atoms with E-state index in [4.69, 9.17) is 4.74 Å². The second-order valence-electron chi connectivity index (χ2n) is 8.49. The summed E-state index contributed by atoms with van der Waals surface area (Å²) in [6, 6.07) is 1.60. The third kappa shape index (κ3) is 5.26. The largest absolute Gasteiger partial charge is 0.478 e. The van der Waals surface area contributed by atoms with Gasteiger partial charge in [-0.1, -0.05) is 0 Å². The van der Waals surface area contributed by atoms with E-state index in [1.165, 1.54) is 6.26 Å². The summed E-state index contributed by atoms with van der Waals surface area (Å²) in [5.74, 6) is -0.656.